The van der Waals surface area contributed by atoms with Gasteiger partial charge >= 0.3 is 0 Å². The van der Waals surface area contributed by atoms with E-state index >= 15 is 0 Å². The van der Waals surface area contributed by atoms with Crippen molar-refractivity contribution in [1.82, 2.24) is 0 Å². The van der Waals surface area contributed by atoms with Crippen LogP contribution < -0.4 is 0 Å². The zero-order valence-electron chi connectivity index (χ0n) is 5.03. The maximum Gasteiger partial charge on any atom is 0.0894 e. The van der Waals surface area contributed by atoms with Gasteiger partial charge in [-0.25, -0.2) is 0 Å². The second kappa shape index (κ2) is 7.28. The van der Waals surface area contributed by atoms with E-state index in [4.69, 9.17) is 12.6 Å². The van der Waals surface area contributed by atoms with Crippen molar-refractivity contribution in [2.24, 2.45) is 0 Å². The van der Waals surface area contributed by atoms with Crippen LogP contribution in [0, 0.1) is 0 Å². The minimum atomic E-state index is -0.169. The summed E-state index contributed by atoms with van der Waals surface area (Å²) in [4.78, 5) is 0. The van der Waals surface area contributed by atoms with E-state index in [0.29, 0.717) is 0 Å². The molecule has 0 fully saturated rings. The first kappa shape index (κ1) is 8.28. The third kappa shape index (κ3) is 6.28. The van der Waals surface area contributed by atoms with Gasteiger partial charge < -0.3 is 0 Å². The molecule has 0 aliphatic heterocycles. The Morgan fingerprint density at radius 1 is 1.00 bits per heavy atom. The lowest BCUT2D eigenvalue weighted by atomic mass is 10.2. The molecule has 0 bridgehead atoms. The van der Waals surface area contributed by atoms with E-state index in [9.17, 15) is 4.39 Å². The molecule has 0 heterocycles. The number of rotatable bonds is 5. The van der Waals surface area contributed by atoms with Crippen molar-refractivity contribution in [1.29, 1.82) is 0 Å². The molecule has 0 spiro atoms. The summed E-state index contributed by atoms with van der Waals surface area (Å²) < 4.78 is 11.4. The van der Waals surface area contributed by atoms with Crippen molar-refractivity contribution in [3.63, 3.8) is 0 Å². The van der Waals surface area contributed by atoms with Crippen LogP contribution in [0.2, 0.25) is 0 Å². The van der Waals surface area contributed by atoms with Crippen molar-refractivity contribution in [3.8, 4) is 0 Å². The summed E-state index contributed by atoms with van der Waals surface area (Å²) in [7, 11) is 0. The van der Waals surface area contributed by atoms with E-state index in [1.54, 1.807) is 0 Å². The molecule has 0 rings (SSSR count). The lowest BCUT2D eigenvalue weighted by Crippen LogP contribution is -1.79. The summed E-state index contributed by atoms with van der Waals surface area (Å²) >= 11 is 4.71. The van der Waals surface area contributed by atoms with E-state index in [1.165, 1.54) is 0 Å². The minimum Gasteiger partial charge on any atom is -0.251 e. The van der Waals surface area contributed by atoms with Crippen LogP contribution in [-0.4, -0.2) is 12.4 Å². The summed E-state index contributed by atoms with van der Waals surface area (Å²) in [5.41, 5.74) is 0. The van der Waals surface area contributed by atoms with Crippen LogP contribution in [0.5, 0.6) is 0 Å². The Hall–Kier alpha value is 0.280. The van der Waals surface area contributed by atoms with Gasteiger partial charge in [-0.05, 0) is 12.8 Å². The molecule has 0 saturated heterocycles. The fourth-order valence-corrected chi connectivity index (χ4v) is 0.754. The zero-order valence-corrected chi connectivity index (χ0v) is 5.85. The van der Waals surface area contributed by atoms with Crippen LogP contribution in [0.4, 0.5) is 4.39 Å². The second-order valence-corrected chi connectivity index (χ2v) is 2.22. The number of halogens is 1. The van der Waals surface area contributed by atoms with E-state index in [2.05, 4.69) is 0 Å². The Morgan fingerprint density at radius 2 is 1.62 bits per heavy atom. The smallest absolute Gasteiger partial charge is 0.0894 e. The van der Waals surface area contributed by atoms with Gasteiger partial charge in [0.1, 0.15) is 0 Å². The van der Waals surface area contributed by atoms with Crippen LogP contribution in [-0.2, 0) is 0 Å². The normalized spacial score (nSPS) is 9.75. The average Bonchev–Trinajstić information content (AvgIpc) is 1.81. The molecule has 0 aliphatic rings. The predicted octanol–water partition coefficient (Wildman–Crippen LogP) is 2.71. The summed E-state index contributed by atoms with van der Waals surface area (Å²) in [5, 5.41) is 0. The standard InChI is InChI=1S/C6H12FS/c7-5-3-1-2-4-6-8/h1-6H2. The van der Waals surface area contributed by atoms with Gasteiger partial charge in [0.2, 0.25) is 0 Å². The molecule has 0 aliphatic carbocycles. The minimum absolute atomic E-state index is 0.169. The van der Waals surface area contributed by atoms with Gasteiger partial charge in [0.15, 0.2) is 0 Å². The highest BCUT2D eigenvalue weighted by Crippen LogP contribution is 2.00. The largest absolute Gasteiger partial charge is 0.251 e. The molecule has 0 amide bonds. The quantitative estimate of drug-likeness (QED) is 0.508. The number of hydrogen-bond acceptors (Lipinski definition) is 0. The molecular formula is C6H12FS. The van der Waals surface area contributed by atoms with E-state index in [-0.39, 0.29) is 6.67 Å². The summed E-state index contributed by atoms with van der Waals surface area (Å²) in [6.45, 7) is -0.169. The topological polar surface area (TPSA) is 0 Å². The molecule has 0 atom stereocenters. The maximum atomic E-state index is 11.4. The van der Waals surface area contributed by atoms with Crippen LogP contribution in [0.25, 0.3) is 0 Å². The van der Waals surface area contributed by atoms with Crippen LogP contribution in [0.3, 0.4) is 0 Å². The van der Waals surface area contributed by atoms with Gasteiger partial charge in [0.25, 0.3) is 0 Å². The van der Waals surface area contributed by atoms with Crippen LogP contribution in [0.15, 0.2) is 0 Å². The Bertz CT molecular complexity index is 33.5. The molecule has 0 aromatic rings. The van der Waals surface area contributed by atoms with Crippen molar-refractivity contribution in [2.75, 3.05) is 12.4 Å². The highest BCUT2D eigenvalue weighted by Gasteiger charge is 1.85. The van der Waals surface area contributed by atoms with Gasteiger partial charge in [-0.15, -0.1) is 0 Å². The predicted molar refractivity (Wildman–Crippen MR) is 36.9 cm³/mol. The third-order valence-corrected chi connectivity index (χ3v) is 1.32. The van der Waals surface area contributed by atoms with Gasteiger partial charge in [-0.3, -0.25) is 4.39 Å². The molecule has 1 radical (unpaired) electrons. The highest BCUT2D eigenvalue weighted by atomic mass is 32.1. The molecule has 0 nitrogen and oxygen atoms in total. The summed E-state index contributed by atoms with van der Waals surface area (Å²) in [6.07, 6.45) is 3.91. The summed E-state index contributed by atoms with van der Waals surface area (Å²) in [6, 6.07) is 0. The third-order valence-electron chi connectivity index (χ3n) is 1.03. The number of alkyl halides is 1. The molecule has 0 saturated carbocycles. The van der Waals surface area contributed by atoms with Gasteiger partial charge in [0.05, 0.1) is 6.67 Å². The molecule has 8 heavy (non-hydrogen) atoms. The van der Waals surface area contributed by atoms with E-state index in [1.807, 2.05) is 0 Å². The van der Waals surface area contributed by atoms with E-state index in [0.717, 1.165) is 31.4 Å². The first-order valence-electron chi connectivity index (χ1n) is 3.06. The van der Waals surface area contributed by atoms with Gasteiger partial charge in [-0.1, -0.05) is 25.5 Å². The highest BCUT2D eigenvalue weighted by molar-refractivity contribution is 7.80. The fraction of sp³-hybridized carbons (Fsp3) is 1.00. The van der Waals surface area contributed by atoms with Crippen LogP contribution in [0.1, 0.15) is 25.7 Å². The van der Waals surface area contributed by atoms with Crippen molar-refractivity contribution >= 4 is 12.6 Å². The summed E-state index contributed by atoms with van der Waals surface area (Å²) in [5.74, 6) is 0.826. The lowest BCUT2D eigenvalue weighted by molar-refractivity contribution is 0.455. The molecule has 0 aromatic heterocycles. The SMILES string of the molecule is FCCCCCC[S]. The van der Waals surface area contributed by atoms with Crippen LogP contribution >= 0.6 is 12.6 Å². The lowest BCUT2D eigenvalue weighted by Gasteiger charge is -1.91. The zero-order chi connectivity index (χ0) is 6.24. The van der Waals surface area contributed by atoms with E-state index < -0.39 is 0 Å². The molecule has 0 unspecified atom stereocenters. The molecule has 0 aromatic carbocycles. The fourth-order valence-electron chi connectivity index (χ4n) is 0.550. The number of unbranched alkanes of at least 4 members (excludes halogenated alkanes) is 3. The average molecular weight is 135 g/mol. The Kier molecular flexibility index (Phi) is 7.53. The van der Waals surface area contributed by atoms with Crippen molar-refractivity contribution in [3.05, 3.63) is 0 Å². The molecule has 49 valence electrons. The molecule has 2 heteroatoms. The Balaban J connectivity index is 2.53. The maximum absolute atomic E-state index is 11.4. The Morgan fingerprint density at radius 3 is 2.12 bits per heavy atom. The van der Waals surface area contributed by atoms with Gasteiger partial charge in [-0.2, -0.15) is 0 Å². The second-order valence-electron chi connectivity index (χ2n) is 1.81. The van der Waals surface area contributed by atoms with Gasteiger partial charge in [0, 0.05) is 5.75 Å². The Labute approximate surface area is 55.9 Å². The first-order chi connectivity index (χ1) is 3.91. The molecule has 0 N–H and O–H groups in total. The van der Waals surface area contributed by atoms with Crippen molar-refractivity contribution < 1.29 is 4.39 Å². The first-order valence-corrected chi connectivity index (χ1v) is 3.63. The monoisotopic (exact) mass is 135 g/mol. The molecular weight excluding hydrogens is 123 g/mol. The van der Waals surface area contributed by atoms with Crippen molar-refractivity contribution in [2.45, 2.75) is 25.7 Å². The number of hydrogen-bond donors (Lipinski definition) is 0.